The lowest BCUT2D eigenvalue weighted by molar-refractivity contribution is 0.0986. The Morgan fingerprint density at radius 1 is 0.671 bits per heavy atom. The average Bonchev–Trinajstić information content (AvgIpc) is 4.09. The number of benzene rings is 2. The van der Waals surface area contributed by atoms with E-state index in [0.29, 0.717) is 57.5 Å². The first-order valence-corrected chi connectivity index (χ1v) is 25.3. The molecule has 7 heterocycles. The summed E-state index contributed by atoms with van der Waals surface area (Å²) in [6.45, 7) is 24.5. The number of ketones is 1. The first kappa shape index (κ1) is 52.3. The number of fused-ring (bicyclic) bond motifs is 2. The second-order valence-electron chi connectivity index (χ2n) is 18.2. The monoisotopic (exact) mass is 1060 g/mol. The number of rotatable bonds is 10. The van der Waals surface area contributed by atoms with Crippen LogP contribution in [-0.4, -0.2) is 135 Å². The molecule has 0 radical (unpaired) electrons. The quantitative estimate of drug-likeness (QED) is 0.0600. The zero-order valence-electron chi connectivity index (χ0n) is 40.3. The summed E-state index contributed by atoms with van der Waals surface area (Å²) in [4.78, 5) is 26.4. The zero-order valence-corrected chi connectivity index (χ0v) is 43.5. The van der Waals surface area contributed by atoms with Gasteiger partial charge >= 0.3 is 0 Å². The van der Waals surface area contributed by atoms with Crippen LogP contribution >= 0.6 is 39.5 Å². The number of thiocarbonyl (C=S) groups is 1. The summed E-state index contributed by atoms with van der Waals surface area (Å²) in [6.07, 6.45) is 0. The van der Waals surface area contributed by atoms with Crippen molar-refractivity contribution in [2.75, 3.05) is 57.3 Å². The molecular weight excluding hydrogens is 1010 g/mol. The first-order valence-electron chi connectivity index (χ1n) is 23.1. The van der Waals surface area contributed by atoms with Crippen molar-refractivity contribution in [2.24, 2.45) is 5.73 Å². The van der Waals surface area contributed by atoms with Crippen LogP contribution in [0.1, 0.15) is 99.8 Å². The molecule has 2 aliphatic rings. The van der Waals surface area contributed by atoms with Gasteiger partial charge in [0.25, 0.3) is 0 Å². The maximum Gasteiger partial charge on any atom is 0.186 e. The Morgan fingerprint density at radius 2 is 1.20 bits per heavy atom. The molecule has 5 aromatic heterocycles. The van der Waals surface area contributed by atoms with E-state index in [1.807, 2.05) is 39.8 Å². The summed E-state index contributed by atoms with van der Waals surface area (Å²) in [5.41, 5.74) is 8.30. The van der Waals surface area contributed by atoms with Crippen molar-refractivity contribution in [1.29, 1.82) is 0 Å². The highest BCUT2D eigenvalue weighted by Gasteiger charge is 2.28. The second kappa shape index (κ2) is 22.7. The number of anilines is 1. The number of thiazole rings is 1. The van der Waals surface area contributed by atoms with Crippen molar-refractivity contribution in [2.45, 2.75) is 84.1 Å². The number of nitrogens with two attached hydrogens (primary N) is 1. The van der Waals surface area contributed by atoms with Crippen LogP contribution in [0, 0.1) is 23.3 Å². The molecule has 1 atom stereocenters. The molecule has 2 saturated heterocycles. The van der Waals surface area contributed by atoms with Crippen LogP contribution in [0.4, 0.5) is 22.7 Å². The largest absolute Gasteiger partial charge is 0.376 e. The van der Waals surface area contributed by atoms with Crippen LogP contribution in [0.25, 0.3) is 33.1 Å². The minimum atomic E-state index is -0.905. The van der Waals surface area contributed by atoms with Gasteiger partial charge in [0.05, 0.1) is 21.8 Å². The number of halogens is 5. The molecule has 7 aromatic rings. The molecule has 2 aliphatic heterocycles. The second-order valence-corrected chi connectivity index (χ2v) is 20.5. The molecule has 2 N–H and O–H groups in total. The third-order valence-electron chi connectivity index (χ3n) is 12.0. The van der Waals surface area contributed by atoms with Gasteiger partial charge in [-0.2, -0.15) is 19.2 Å². The summed E-state index contributed by atoms with van der Waals surface area (Å²) < 4.78 is 58.6. The number of hydrogen-bond acceptors (Lipinski definition) is 13. The summed E-state index contributed by atoms with van der Waals surface area (Å²) in [5, 5.41) is 27.1. The summed E-state index contributed by atoms with van der Waals surface area (Å²) in [5.74, 6) is -1.79. The molecular formula is C48H57BrF4N14OS2. The number of aromatic nitrogens is 9. The lowest BCUT2D eigenvalue weighted by Gasteiger charge is -2.37. The smallest absolute Gasteiger partial charge is 0.186 e. The molecule has 372 valence electrons. The van der Waals surface area contributed by atoms with Gasteiger partial charge in [-0.1, -0.05) is 55.0 Å². The SMILES string of the molecule is CC(C)N1CCN(C(N)=S)CC1.CC(C)c1nnc2ccc(-c3sc(N4CCN(C(C)C)CC4)nc3-c3ccc(F)cc3F)nn12.CC(C)c1nnc2ccc(C(Br)C(=O)c3ccc(F)cc3F)nn12. The van der Waals surface area contributed by atoms with E-state index in [1.165, 1.54) is 23.5 Å². The summed E-state index contributed by atoms with van der Waals surface area (Å²) >= 11 is 9.64. The fourth-order valence-corrected chi connectivity index (χ4v) is 9.70. The third kappa shape index (κ3) is 12.0. The predicted octanol–water partition coefficient (Wildman–Crippen LogP) is 8.95. The summed E-state index contributed by atoms with van der Waals surface area (Å²) in [6, 6.07) is 14.6. The van der Waals surface area contributed by atoms with Crippen LogP contribution in [0.5, 0.6) is 0 Å². The molecule has 0 saturated carbocycles. The van der Waals surface area contributed by atoms with Crippen molar-refractivity contribution < 1.29 is 22.4 Å². The molecule has 1 unspecified atom stereocenters. The number of Topliss-reactive ketones (excluding diaryl/α,β-unsaturated/α-hetero) is 1. The van der Waals surface area contributed by atoms with E-state index in [9.17, 15) is 22.4 Å². The minimum absolute atomic E-state index is 0.0989. The van der Waals surface area contributed by atoms with Crippen molar-refractivity contribution in [1.82, 2.24) is 59.3 Å². The van der Waals surface area contributed by atoms with Gasteiger partial charge in [0.1, 0.15) is 33.8 Å². The van der Waals surface area contributed by atoms with Crippen molar-refractivity contribution in [3.05, 3.63) is 107 Å². The van der Waals surface area contributed by atoms with Gasteiger partial charge in [-0.3, -0.25) is 14.6 Å². The minimum Gasteiger partial charge on any atom is -0.376 e. The van der Waals surface area contributed by atoms with E-state index < -0.39 is 33.9 Å². The Kier molecular flexibility index (Phi) is 16.9. The molecule has 0 spiro atoms. The van der Waals surface area contributed by atoms with Crippen molar-refractivity contribution >= 4 is 66.8 Å². The number of hydrogen-bond donors (Lipinski definition) is 1. The number of piperazine rings is 2. The molecule has 15 nitrogen and oxygen atoms in total. The van der Waals surface area contributed by atoms with Crippen LogP contribution in [0.3, 0.4) is 0 Å². The van der Waals surface area contributed by atoms with E-state index >= 15 is 0 Å². The zero-order chi connectivity index (χ0) is 50.6. The fourth-order valence-electron chi connectivity index (χ4n) is 7.93. The third-order valence-corrected chi connectivity index (χ3v) is 14.3. The van der Waals surface area contributed by atoms with E-state index in [2.05, 4.69) is 88.7 Å². The molecule has 22 heteroatoms. The van der Waals surface area contributed by atoms with Crippen molar-refractivity contribution in [3.8, 4) is 21.8 Å². The Hall–Kier alpha value is -5.55. The van der Waals surface area contributed by atoms with Crippen LogP contribution < -0.4 is 10.6 Å². The Morgan fingerprint density at radius 3 is 1.73 bits per heavy atom. The Balaban J connectivity index is 0.000000174. The highest BCUT2D eigenvalue weighted by molar-refractivity contribution is 9.09. The highest BCUT2D eigenvalue weighted by Crippen LogP contribution is 2.41. The lowest BCUT2D eigenvalue weighted by Crippen LogP contribution is -2.52. The van der Waals surface area contributed by atoms with Crippen molar-refractivity contribution in [3.63, 3.8) is 0 Å². The highest BCUT2D eigenvalue weighted by atomic mass is 79.9. The van der Waals surface area contributed by atoms with Gasteiger partial charge in [0.15, 0.2) is 39.0 Å². The van der Waals surface area contributed by atoms with E-state index in [4.69, 9.17) is 28.0 Å². The van der Waals surface area contributed by atoms with E-state index in [1.54, 1.807) is 21.2 Å². The summed E-state index contributed by atoms with van der Waals surface area (Å²) in [7, 11) is 0. The van der Waals surface area contributed by atoms with E-state index in [0.717, 1.165) is 86.4 Å². The molecule has 0 bridgehead atoms. The lowest BCUT2D eigenvalue weighted by atomic mass is 10.1. The number of carbonyl (C=O) groups is 1. The number of alkyl halides is 1. The van der Waals surface area contributed by atoms with Gasteiger partial charge in [0.2, 0.25) is 0 Å². The van der Waals surface area contributed by atoms with Gasteiger partial charge in [0, 0.05) is 94.0 Å². The normalized spacial score (nSPS) is 15.2. The van der Waals surface area contributed by atoms with Gasteiger partial charge in [-0.15, -0.1) is 20.4 Å². The van der Waals surface area contributed by atoms with Crippen LogP contribution in [-0.2, 0) is 0 Å². The molecule has 0 amide bonds. The van der Waals surface area contributed by atoms with Crippen LogP contribution in [0.15, 0.2) is 60.7 Å². The van der Waals surface area contributed by atoms with Gasteiger partial charge < -0.3 is 15.5 Å². The Labute approximate surface area is 422 Å². The van der Waals surface area contributed by atoms with E-state index in [-0.39, 0.29) is 23.0 Å². The Bertz CT molecular complexity index is 2950. The average molecular weight is 1070 g/mol. The molecule has 70 heavy (non-hydrogen) atoms. The fraction of sp³-hybridized carbons (Fsp3) is 0.438. The molecule has 2 fully saturated rings. The standard InChI is InChI=1S/C24H27F2N7S.C16H13BrF2N4O.C8H17N3S/c1-14(2)23-29-28-20-8-7-19(30-33(20)23)22-21(17-6-5-16(25)13-18(17)26)27-24(34-22)32-11-9-31(10-12-32)15(3)4;1-8(2)16-21-20-13-6-5-12(22-23(13)16)14(17)15(24)10-4-3-9(18)7-11(10)19;1-7(2)10-3-5-11(6-4-10)8(9)12/h5-8,13-15H,9-12H2,1-4H3;3-8,14H,1-2H3;7H,3-6H2,1-2H3,(H2,9,12). The number of carbonyl (C=O) groups excluding carboxylic acids is 1. The van der Waals surface area contributed by atoms with Gasteiger partial charge in [-0.25, -0.2) is 22.5 Å². The van der Waals surface area contributed by atoms with Crippen LogP contribution in [0.2, 0.25) is 0 Å². The topological polar surface area (TPSA) is 155 Å². The molecule has 2 aromatic carbocycles. The predicted molar refractivity (Wildman–Crippen MR) is 273 cm³/mol. The first-order chi connectivity index (χ1) is 33.3. The maximum absolute atomic E-state index is 14.9. The van der Waals surface area contributed by atoms with Gasteiger partial charge in [-0.05, 0) is 88.4 Å². The molecule has 9 rings (SSSR count). The molecule has 0 aliphatic carbocycles. The number of nitrogens with zero attached hydrogens (tertiary/aromatic N) is 13. The maximum atomic E-state index is 14.9.